The molecule has 1 aliphatic heterocycles. The molecule has 0 bridgehead atoms. The van der Waals surface area contributed by atoms with Crippen molar-refractivity contribution in [1.82, 2.24) is 9.88 Å². The van der Waals surface area contributed by atoms with Gasteiger partial charge in [0.05, 0.1) is 12.2 Å². The maximum absolute atomic E-state index is 12.1. The Morgan fingerprint density at radius 2 is 2.21 bits per heavy atom. The third-order valence-corrected chi connectivity index (χ3v) is 3.88. The van der Waals surface area contributed by atoms with Crippen molar-refractivity contribution in [3.63, 3.8) is 0 Å². The molecule has 0 radical (unpaired) electrons. The normalized spacial score (nSPS) is 19.1. The molecule has 2 rings (SSSR count). The third-order valence-electron chi connectivity index (χ3n) is 3.88. The summed E-state index contributed by atoms with van der Waals surface area (Å²) in [6, 6.07) is 3.93. The van der Waals surface area contributed by atoms with Gasteiger partial charge in [-0.05, 0) is 30.4 Å². The zero-order valence-electron chi connectivity index (χ0n) is 12.1. The molecule has 0 atom stereocenters. The van der Waals surface area contributed by atoms with Gasteiger partial charge in [0.1, 0.15) is 0 Å². The highest BCUT2D eigenvalue weighted by Gasteiger charge is 2.27. The summed E-state index contributed by atoms with van der Waals surface area (Å²) in [4.78, 5) is 18.4. The van der Waals surface area contributed by atoms with Gasteiger partial charge in [0.2, 0.25) is 5.91 Å². The monoisotopic (exact) mass is 261 g/mol. The first-order valence-corrected chi connectivity index (χ1v) is 6.91. The minimum absolute atomic E-state index is 0.252. The Balaban J connectivity index is 2.06. The van der Waals surface area contributed by atoms with Gasteiger partial charge in [-0.3, -0.25) is 9.78 Å². The van der Waals surface area contributed by atoms with Crippen LogP contribution < -0.4 is 5.32 Å². The van der Waals surface area contributed by atoms with E-state index >= 15 is 0 Å². The smallest absolute Gasteiger partial charge is 0.222 e. The van der Waals surface area contributed by atoms with Crippen LogP contribution in [0.3, 0.4) is 0 Å². The lowest BCUT2D eigenvalue weighted by molar-refractivity contribution is -0.131. The molecular weight excluding hydrogens is 238 g/mol. The number of rotatable bonds is 3. The summed E-state index contributed by atoms with van der Waals surface area (Å²) in [7, 11) is 1.89. The maximum Gasteiger partial charge on any atom is 0.222 e. The van der Waals surface area contributed by atoms with Gasteiger partial charge >= 0.3 is 0 Å². The molecule has 2 heterocycles. The molecule has 0 aromatic carbocycles. The van der Waals surface area contributed by atoms with E-state index in [1.807, 2.05) is 24.1 Å². The van der Waals surface area contributed by atoms with E-state index in [9.17, 15) is 4.79 Å². The van der Waals surface area contributed by atoms with E-state index in [0.717, 1.165) is 30.8 Å². The SMILES string of the molecule is CNc1ccnc(CN2CCC(C)(C)CCC2=O)c1. The number of hydrogen-bond acceptors (Lipinski definition) is 3. The van der Waals surface area contributed by atoms with Crippen LogP contribution in [0.2, 0.25) is 0 Å². The second kappa shape index (κ2) is 5.59. The van der Waals surface area contributed by atoms with Crippen molar-refractivity contribution in [2.45, 2.75) is 39.7 Å². The first-order chi connectivity index (χ1) is 9.00. The molecule has 1 fully saturated rings. The molecule has 4 heteroatoms. The van der Waals surface area contributed by atoms with Gasteiger partial charge < -0.3 is 10.2 Å². The van der Waals surface area contributed by atoms with Crippen LogP contribution in [-0.4, -0.2) is 29.4 Å². The van der Waals surface area contributed by atoms with Crippen LogP contribution in [0.25, 0.3) is 0 Å². The van der Waals surface area contributed by atoms with E-state index in [4.69, 9.17) is 0 Å². The highest BCUT2D eigenvalue weighted by molar-refractivity contribution is 5.76. The van der Waals surface area contributed by atoms with Gasteiger partial charge in [-0.2, -0.15) is 0 Å². The molecule has 1 aromatic rings. The van der Waals surface area contributed by atoms with E-state index in [-0.39, 0.29) is 11.3 Å². The van der Waals surface area contributed by atoms with Gasteiger partial charge in [0, 0.05) is 31.9 Å². The Labute approximate surface area is 115 Å². The zero-order valence-corrected chi connectivity index (χ0v) is 12.1. The van der Waals surface area contributed by atoms with Crippen molar-refractivity contribution in [2.75, 3.05) is 18.9 Å². The number of anilines is 1. The number of pyridine rings is 1. The summed E-state index contributed by atoms with van der Waals surface area (Å²) in [6.07, 6.45) is 4.48. The van der Waals surface area contributed by atoms with Crippen LogP contribution >= 0.6 is 0 Å². The summed E-state index contributed by atoms with van der Waals surface area (Å²) in [5.74, 6) is 0.252. The van der Waals surface area contributed by atoms with Gasteiger partial charge in [-0.15, -0.1) is 0 Å². The fourth-order valence-corrected chi connectivity index (χ4v) is 2.37. The van der Waals surface area contributed by atoms with Gasteiger partial charge in [-0.1, -0.05) is 13.8 Å². The molecule has 1 N–H and O–H groups in total. The maximum atomic E-state index is 12.1. The predicted molar refractivity (Wildman–Crippen MR) is 76.8 cm³/mol. The Kier molecular flexibility index (Phi) is 4.08. The number of likely N-dealkylation sites (tertiary alicyclic amines) is 1. The minimum atomic E-state index is 0.252. The topological polar surface area (TPSA) is 45.2 Å². The van der Waals surface area contributed by atoms with Crippen LogP contribution in [0.4, 0.5) is 5.69 Å². The zero-order chi connectivity index (χ0) is 13.9. The second-order valence-electron chi connectivity index (χ2n) is 6.02. The van der Waals surface area contributed by atoms with E-state index in [1.54, 1.807) is 6.20 Å². The average Bonchev–Trinajstić information content (AvgIpc) is 2.52. The summed E-state index contributed by atoms with van der Waals surface area (Å²) < 4.78 is 0. The highest BCUT2D eigenvalue weighted by Crippen LogP contribution is 2.30. The lowest BCUT2D eigenvalue weighted by Gasteiger charge is -2.23. The van der Waals surface area contributed by atoms with Crippen molar-refractivity contribution >= 4 is 11.6 Å². The predicted octanol–water partition coefficient (Wildman–Crippen LogP) is 2.66. The Morgan fingerprint density at radius 3 is 2.95 bits per heavy atom. The van der Waals surface area contributed by atoms with Crippen molar-refractivity contribution < 1.29 is 4.79 Å². The van der Waals surface area contributed by atoms with E-state index in [1.165, 1.54) is 0 Å². The van der Waals surface area contributed by atoms with E-state index in [2.05, 4.69) is 24.1 Å². The lowest BCUT2D eigenvalue weighted by atomic mass is 9.85. The Morgan fingerprint density at radius 1 is 1.42 bits per heavy atom. The number of carbonyl (C=O) groups is 1. The first-order valence-electron chi connectivity index (χ1n) is 6.91. The largest absolute Gasteiger partial charge is 0.388 e. The molecule has 0 aliphatic carbocycles. The fraction of sp³-hybridized carbons (Fsp3) is 0.600. The molecule has 1 saturated heterocycles. The quantitative estimate of drug-likeness (QED) is 0.910. The second-order valence-corrected chi connectivity index (χ2v) is 6.02. The van der Waals surface area contributed by atoms with Crippen LogP contribution in [0.1, 0.15) is 38.8 Å². The molecule has 0 spiro atoms. The lowest BCUT2D eigenvalue weighted by Crippen LogP contribution is -2.30. The van der Waals surface area contributed by atoms with E-state index in [0.29, 0.717) is 13.0 Å². The summed E-state index contributed by atoms with van der Waals surface area (Å²) in [5.41, 5.74) is 2.25. The van der Waals surface area contributed by atoms with Crippen LogP contribution in [-0.2, 0) is 11.3 Å². The number of nitrogens with one attached hydrogen (secondary N) is 1. The number of hydrogen-bond donors (Lipinski definition) is 1. The summed E-state index contributed by atoms with van der Waals surface area (Å²) >= 11 is 0. The Hall–Kier alpha value is -1.58. The molecular formula is C15H23N3O. The number of amides is 1. The van der Waals surface area contributed by atoms with Crippen molar-refractivity contribution in [1.29, 1.82) is 0 Å². The standard InChI is InChI=1S/C15H23N3O/c1-15(2)6-4-14(19)18(9-7-15)11-13-10-12(16-3)5-8-17-13/h5,8,10H,4,6-7,9,11H2,1-3H3,(H,16,17). The number of aromatic nitrogens is 1. The average molecular weight is 261 g/mol. The fourth-order valence-electron chi connectivity index (χ4n) is 2.37. The van der Waals surface area contributed by atoms with Crippen molar-refractivity contribution in [3.05, 3.63) is 24.0 Å². The van der Waals surface area contributed by atoms with E-state index < -0.39 is 0 Å². The minimum Gasteiger partial charge on any atom is -0.388 e. The first kappa shape index (κ1) is 13.8. The van der Waals surface area contributed by atoms with Crippen LogP contribution in [0.15, 0.2) is 18.3 Å². The van der Waals surface area contributed by atoms with Crippen LogP contribution in [0.5, 0.6) is 0 Å². The number of nitrogens with zero attached hydrogens (tertiary/aromatic N) is 2. The molecule has 4 nitrogen and oxygen atoms in total. The molecule has 19 heavy (non-hydrogen) atoms. The highest BCUT2D eigenvalue weighted by atomic mass is 16.2. The van der Waals surface area contributed by atoms with Crippen LogP contribution in [0, 0.1) is 5.41 Å². The van der Waals surface area contributed by atoms with Gasteiger partial charge in [0.25, 0.3) is 0 Å². The Bertz CT molecular complexity index is 456. The molecule has 1 amide bonds. The molecule has 0 saturated carbocycles. The van der Waals surface area contributed by atoms with Crippen molar-refractivity contribution in [2.24, 2.45) is 5.41 Å². The number of carbonyl (C=O) groups excluding carboxylic acids is 1. The van der Waals surface area contributed by atoms with Gasteiger partial charge in [0.15, 0.2) is 0 Å². The molecule has 0 unspecified atom stereocenters. The summed E-state index contributed by atoms with van der Waals surface area (Å²) in [6.45, 7) is 5.93. The third kappa shape index (κ3) is 3.69. The molecule has 1 aromatic heterocycles. The summed E-state index contributed by atoms with van der Waals surface area (Å²) in [5, 5.41) is 3.10. The van der Waals surface area contributed by atoms with Crippen molar-refractivity contribution in [3.8, 4) is 0 Å². The molecule has 104 valence electrons. The van der Waals surface area contributed by atoms with Gasteiger partial charge in [-0.25, -0.2) is 0 Å². The molecule has 1 aliphatic rings.